The van der Waals surface area contributed by atoms with E-state index in [4.69, 9.17) is 0 Å². The van der Waals surface area contributed by atoms with Gasteiger partial charge in [0, 0.05) is 11.8 Å². The Bertz CT molecular complexity index is 532. The smallest absolute Gasteiger partial charge is 0.139 e. The molecule has 2 fully saturated rings. The summed E-state index contributed by atoms with van der Waals surface area (Å²) >= 11 is 0. The van der Waals surface area contributed by atoms with Crippen molar-refractivity contribution in [1.82, 2.24) is 0 Å². The van der Waals surface area contributed by atoms with Crippen molar-refractivity contribution < 1.29 is 4.79 Å². The summed E-state index contributed by atoms with van der Waals surface area (Å²) in [5, 5.41) is 0. The summed E-state index contributed by atoms with van der Waals surface area (Å²) in [4.78, 5) is 12.3. The largest absolute Gasteiger partial charge is 0.299 e. The topological polar surface area (TPSA) is 17.1 Å². The van der Waals surface area contributed by atoms with Crippen molar-refractivity contribution in [2.45, 2.75) is 51.4 Å². The van der Waals surface area contributed by atoms with E-state index in [1.807, 2.05) is 0 Å². The molecule has 0 aromatic heterocycles. The van der Waals surface area contributed by atoms with Gasteiger partial charge in [0.05, 0.1) is 0 Å². The zero-order valence-electron chi connectivity index (χ0n) is 11.7. The van der Waals surface area contributed by atoms with Gasteiger partial charge in [0.2, 0.25) is 0 Å². The molecule has 3 aliphatic rings. The molecule has 0 amide bonds. The number of hydrogen-bond acceptors (Lipinski definition) is 1. The van der Waals surface area contributed by atoms with Gasteiger partial charge in [-0.3, -0.25) is 4.79 Å². The summed E-state index contributed by atoms with van der Waals surface area (Å²) in [6.45, 7) is 2.25. The molecule has 0 aliphatic heterocycles. The Hall–Kier alpha value is -1.11. The quantitative estimate of drug-likeness (QED) is 0.681. The molecule has 1 aromatic carbocycles. The number of ketones is 1. The minimum atomic E-state index is 0.0213. The van der Waals surface area contributed by atoms with Gasteiger partial charge in [0.25, 0.3) is 0 Å². The van der Waals surface area contributed by atoms with E-state index in [2.05, 4.69) is 31.2 Å². The number of benzene rings is 1. The average Bonchev–Trinajstić information content (AvgIpc) is 2.75. The SMILES string of the molecule is C[C@]12CC[C@@H]3c4ccccc4CC[C@@H]3[C@@H]1CCC2=O. The molecule has 4 rings (SSSR count). The van der Waals surface area contributed by atoms with E-state index >= 15 is 0 Å². The first kappa shape index (κ1) is 11.7. The second-order valence-corrected chi connectivity index (χ2v) is 7.03. The molecular formula is C18H22O. The molecular weight excluding hydrogens is 232 g/mol. The Morgan fingerprint density at radius 2 is 1.95 bits per heavy atom. The van der Waals surface area contributed by atoms with Gasteiger partial charge in [-0.2, -0.15) is 0 Å². The number of fused-ring (bicyclic) bond motifs is 5. The monoisotopic (exact) mass is 254 g/mol. The van der Waals surface area contributed by atoms with Crippen molar-refractivity contribution in [3.05, 3.63) is 35.4 Å². The summed E-state index contributed by atoms with van der Waals surface area (Å²) in [5.41, 5.74) is 3.19. The molecule has 1 heteroatoms. The molecule has 1 nitrogen and oxygen atoms in total. The lowest BCUT2D eigenvalue weighted by Gasteiger charge is -2.48. The highest BCUT2D eigenvalue weighted by atomic mass is 16.1. The van der Waals surface area contributed by atoms with Crippen LogP contribution >= 0.6 is 0 Å². The minimum Gasteiger partial charge on any atom is -0.299 e. The Morgan fingerprint density at radius 1 is 1.11 bits per heavy atom. The second kappa shape index (κ2) is 3.94. The molecule has 100 valence electrons. The molecule has 2 saturated carbocycles. The second-order valence-electron chi connectivity index (χ2n) is 7.03. The van der Waals surface area contributed by atoms with Crippen LogP contribution in [0, 0.1) is 17.3 Å². The fraction of sp³-hybridized carbons (Fsp3) is 0.611. The Labute approximate surface area is 115 Å². The van der Waals surface area contributed by atoms with Crippen molar-refractivity contribution in [3.8, 4) is 0 Å². The van der Waals surface area contributed by atoms with Gasteiger partial charge < -0.3 is 0 Å². The highest BCUT2D eigenvalue weighted by molar-refractivity contribution is 5.87. The first-order valence-corrected chi connectivity index (χ1v) is 7.81. The number of Topliss-reactive ketones (excluding diaryl/α,β-unsaturated/α-hetero) is 1. The van der Waals surface area contributed by atoms with E-state index in [0.717, 1.165) is 31.1 Å². The van der Waals surface area contributed by atoms with Gasteiger partial charge in [-0.1, -0.05) is 31.2 Å². The van der Waals surface area contributed by atoms with Crippen LogP contribution < -0.4 is 0 Å². The number of aryl methyl sites for hydroxylation is 1. The molecule has 0 spiro atoms. The average molecular weight is 254 g/mol. The fourth-order valence-electron chi connectivity index (χ4n) is 5.29. The maximum atomic E-state index is 12.3. The van der Waals surface area contributed by atoms with Crippen molar-refractivity contribution in [1.29, 1.82) is 0 Å². The first-order valence-electron chi connectivity index (χ1n) is 7.81. The molecule has 3 aliphatic carbocycles. The minimum absolute atomic E-state index is 0.0213. The third-order valence-corrected chi connectivity index (χ3v) is 6.35. The predicted octanol–water partition coefficient (Wildman–Crippen LogP) is 4.11. The number of carbonyl (C=O) groups is 1. The first-order chi connectivity index (χ1) is 9.20. The fourth-order valence-corrected chi connectivity index (χ4v) is 5.29. The van der Waals surface area contributed by atoms with Crippen molar-refractivity contribution >= 4 is 5.78 Å². The molecule has 0 saturated heterocycles. The van der Waals surface area contributed by atoms with Crippen LogP contribution in [0.3, 0.4) is 0 Å². The third kappa shape index (κ3) is 1.50. The van der Waals surface area contributed by atoms with Crippen LogP contribution in [0.2, 0.25) is 0 Å². The molecule has 19 heavy (non-hydrogen) atoms. The molecule has 0 bridgehead atoms. The maximum Gasteiger partial charge on any atom is 0.139 e. The summed E-state index contributed by atoms with van der Waals surface area (Å²) in [6.07, 6.45) is 6.85. The van der Waals surface area contributed by atoms with Gasteiger partial charge in [-0.15, -0.1) is 0 Å². The van der Waals surface area contributed by atoms with Crippen LogP contribution in [0.25, 0.3) is 0 Å². The lowest BCUT2D eigenvalue weighted by Crippen LogP contribution is -2.42. The van der Waals surface area contributed by atoms with Crippen molar-refractivity contribution in [2.75, 3.05) is 0 Å². The molecule has 0 heterocycles. The van der Waals surface area contributed by atoms with E-state index < -0.39 is 0 Å². The van der Waals surface area contributed by atoms with E-state index in [0.29, 0.717) is 11.7 Å². The van der Waals surface area contributed by atoms with E-state index in [9.17, 15) is 4.79 Å². The number of rotatable bonds is 0. The highest BCUT2D eigenvalue weighted by Crippen LogP contribution is 2.59. The van der Waals surface area contributed by atoms with Gasteiger partial charge in [0.1, 0.15) is 5.78 Å². The standard InChI is InChI=1S/C18H22O/c1-18-11-10-14-13-5-3-2-4-12(13)6-7-15(14)16(18)8-9-17(18)19/h2-5,14-16H,6-11H2,1H3/t14-,15+,16+,18+/m1/s1. The predicted molar refractivity (Wildman–Crippen MR) is 76.1 cm³/mol. The number of carbonyl (C=O) groups excluding carboxylic acids is 1. The van der Waals surface area contributed by atoms with E-state index in [1.54, 1.807) is 11.1 Å². The maximum absolute atomic E-state index is 12.3. The summed E-state index contributed by atoms with van der Waals surface area (Å²) in [5.74, 6) is 2.70. The summed E-state index contributed by atoms with van der Waals surface area (Å²) < 4.78 is 0. The molecule has 0 N–H and O–H groups in total. The normalized spacial score (nSPS) is 40.5. The van der Waals surface area contributed by atoms with Crippen LogP contribution in [0.4, 0.5) is 0 Å². The van der Waals surface area contributed by atoms with Crippen LogP contribution in [-0.4, -0.2) is 5.78 Å². The van der Waals surface area contributed by atoms with E-state index in [1.165, 1.54) is 19.3 Å². The third-order valence-electron chi connectivity index (χ3n) is 6.35. The zero-order valence-corrected chi connectivity index (χ0v) is 11.7. The molecule has 0 unspecified atom stereocenters. The Kier molecular flexibility index (Phi) is 2.43. The van der Waals surface area contributed by atoms with Crippen LogP contribution in [-0.2, 0) is 11.2 Å². The summed E-state index contributed by atoms with van der Waals surface area (Å²) in [6, 6.07) is 9.00. The molecule has 0 radical (unpaired) electrons. The summed E-state index contributed by atoms with van der Waals surface area (Å²) in [7, 11) is 0. The van der Waals surface area contributed by atoms with Gasteiger partial charge >= 0.3 is 0 Å². The van der Waals surface area contributed by atoms with Gasteiger partial charge in [-0.05, 0) is 61.0 Å². The Morgan fingerprint density at radius 3 is 2.84 bits per heavy atom. The van der Waals surface area contributed by atoms with Crippen molar-refractivity contribution in [2.24, 2.45) is 17.3 Å². The molecule has 4 atom stereocenters. The van der Waals surface area contributed by atoms with E-state index in [-0.39, 0.29) is 5.41 Å². The highest BCUT2D eigenvalue weighted by Gasteiger charge is 2.54. The van der Waals surface area contributed by atoms with Gasteiger partial charge in [0.15, 0.2) is 0 Å². The Balaban J connectivity index is 1.74. The van der Waals surface area contributed by atoms with Crippen LogP contribution in [0.15, 0.2) is 24.3 Å². The zero-order chi connectivity index (χ0) is 13.0. The number of hydrogen-bond donors (Lipinski definition) is 0. The van der Waals surface area contributed by atoms with Crippen molar-refractivity contribution in [3.63, 3.8) is 0 Å². The van der Waals surface area contributed by atoms with Crippen LogP contribution in [0.5, 0.6) is 0 Å². The lowest BCUT2D eigenvalue weighted by molar-refractivity contribution is -0.129. The molecule has 1 aromatic rings. The lowest BCUT2D eigenvalue weighted by atomic mass is 9.55. The van der Waals surface area contributed by atoms with Gasteiger partial charge in [-0.25, -0.2) is 0 Å². The van der Waals surface area contributed by atoms with Crippen LogP contribution in [0.1, 0.15) is 56.1 Å².